The van der Waals surface area contributed by atoms with Crippen LogP contribution in [0.15, 0.2) is 18.2 Å². The summed E-state index contributed by atoms with van der Waals surface area (Å²) in [5.74, 6) is -1.24. The van der Waals surface area contributed by atoms with E-state index in [1.165, 1.54) is 12.1 Å². The summed E-state index contributed by atoms with van der Waals surface area (Å²) in [7, 11) is 0. The Hall–Kier alpha value is -2.81. The van der Waals surface area contributed by atoms with Crippen molar-refractivity contribution in [2.24, 2.45) is 0 Å². The first-order valence-corrected chi connectivity index (χ1v) is 12.6. The summed E-state index contributed by atoms with van der Waals surface area (Å²) < 4.78 is 34.7. The van der Waals surface area contributed by atoms with Crippen molar-refractivity contribution in [3.63, 3.8) is 0 Å². The summed E-state index contributed by atoms with van der Waals surface area (Å²) in [4.78, 5) is 30.0. The molecule has 3 aliphatic rings. The maximum Gasteiger partial charge on any atom is 0.274 e. The van der Waals surface area contributed by atoms with Crippen LogP contribution in [0.25, 0.3) is 0 Å². The zero-order chi connectivity index (χ0) is 24.7. The standard InChI is InChI=1S/C26H32F2N4O3/c1-16-13-31(14-17(2)35-16)26(34)25-22-4-3-5-23(22)32(29-25)15-24(33)30-8-6-18(7-9-30)19-10-20(27)12-21(28)11-19/h10-12,16-18H,3-9,13-15H2,1-2H3/t16-,17+. The van der Waals surface area contributed by atoms with Crippen LogP contribution in [0.5, 0.6) is 0 Å². The van der Waals surface area contributed by atoms with Gasteiger partial charge in [-0.25, -0.2) is 8.78 Å². The Balaban J connectivity index is 1.25. The minimum atomic E-state index is -0.572. The fourth-order valence-corrected chi connectivity index (χ4v) is 5.81. The number of piperidine rings is 1. The van der Waals surface area contributed by atoms with Gasteiger partial charge in [0.05, 0.1) is 12.2 Å². The molecule has 0 N–H and O–H groups in total. The van der Waals surface area contributed by atoms with Gasteiger partial charge in [0.1, 0.15) is 18.2 Å². The number of fused-ring (bicyclic) bond motifs is 1. The van der Waals surface area contributed by atoms with Gasteiger partial charge in [0.15, 0.2) is 5.69 Å². The Morgan fingerprint density at radius 1 is 1.00 bits per heavy atom. The SMILES string of the molecule is C[C@@H]1CN(C(=O)c2nn(CC(=O)N3CCC(c4cc(F)cc(F)c4)CC3)c3c2CCC3)C[C@H](C)O1. The highest BCUT2D eigenvalue weighted by Crippen LogP contribution is 2.30. The van der Waals surface area contributed by atoms with Gasteiger partial charge < -0.3 is 14.5 Å². The van der Waals surface area contributed by atoms with Gasteiger partial charge in [0.2, 0.25) is 5.91 Å². The molecule has 1 aromatic carbocycles. The molecule has 2 fully saturated rings. The van der Waals surface area contributed by atoms with Crippen LogP contribution in [0.2, 0.25) is 0 Å². The van der Waals surface area contributed by atoms with Gasteiger partial charge in [-0.2, -0.15) is 5.10 Å². The minimum absolute atomic E-state index is 0.0220. The summed E-state index contributed by atoms with van der Waals surface area (Å²) in [5, 5.41) is 4.63. The maximum absolute atomic E-state index is 13.6. The lowest BCUT2D eigenvalue weighted by Gasteiger charge is -2.35. The number of hydrogen-bond acceptors (Lipinski definition) is 4. The predicted octanol–water partition coefficient (Wildman–Crippen LogP) is 3.31. The van der Waals surface area contributed by atoms with E-state index in [2.05, 4.69) is 5.10 Å². The fraction of sp³-hybridized carbons (Fsp3) is 0.577. The van der Waals surface area contributed by atoms with E-state index < -0.39 is 11.6 Å². The van der Waals surface area contributed by atoms with Crippen molar-refractivity contribution in [1.29, 1.82) is 0 Å². The molecule has 1 aliphatic carbocycles. The van der Waals surface area contributed by atoms with E-state index in [9.17, 15) is 18.4 Å². The highest BCUT2D eigenvalue weighted by molar-refractivity contribution is 5.94. The highest BCUT2D eigenvalue weighted by atomic mass is 19.1. The van der Waals surface area contributed by atoms with Crippen molar-refractivity contribution in [3.8, 4) is 0 Å². The topological polar surface area (TPSA) is 67.7 Å². The number of benzene rings is 1. The summed E-state index contributed by atoms with van der Waals surface area (Å²) in [6.07, 6.45) is 3.83. The van der Waals surface area contributed by atoms with E-state index in [1.54, 1.807) is 9.58 Å². The second-order valence-electron chi connectivity index (χ2n) is 10.1. The zero-order valence-corrected chi connectivity index (χ0v) is 20.3. The molecule has 5 rings (SSSR count). The minimum Gasteiger partial charge on any atom is -0.372 e. The van der Waals surface area contributed by atoms with Crippen molar-refractivity contribution < 1.29 is 23.1 Å². The Morgan fingerprint density at radius 3 is 2.31 bits per heavy atom. The Bertz CT molecular complexity index is 1100. The first-order chi connectivity index (χ1) is 16.8. The molecule has 2 aliphatic heterocycles. The average Bonchev–Trinajstić information content (AvgIpc) is 3.41. The molecule has 0 bridgehead atoms. The van der Waals surface area contributed by atoms with Crippen LogP contribution in [0, 0.1) is 11.6 Å². The lowest BCUT2D eigenvalue weighted by molar-refractivity contribution is -0.133. The molecule has 9 heteroatoms. The highest BCUT2D eigenvalue weighted by Gasteiger charge is 2.33. The number of nitrogens with zero attached hydrogens (tertiary/aromatic N) is 4. The molecule has 188 valence electrons. The van der Waals surface area contributed by atoms with Crippen molar-refractivity contribution in [1.82, 2.24) is 19.6 Å². The molecule has 0 unspecified atom stereocenters. The molecule has 35 heavy (non-hydrogen) atoms. The third-order valence-corrected chi connectivity index (χ3v) is 7.41. The van der Waals surface area contributed by atoms with Gasteiger partial charge in [-0.05, 0) is 69.6 Å². The first-order valence-electron chi connectivity index (χ1n) is 12.6. The van der Waals surface area contributed by atoms with Gasteiger partial charge in [0.25, 0.3) is 5.91 Å². The van der Waals surface area contributed by atoms with E-state index >= 15 is 0 Å². The molecular weight excluding hydrogens is 454 g/mol. The lowest BCUT2D eigenvalue weighted by atomic mass is 9.89. The van der Waals surface area contributed by atoms with Gasteiger partial charge in [-0.1, -0.05) is 0 Å². The van der Waals surface area contributed by atoms with Gasteiger partial charge >= 0.3 is 0 Å². The lowest BCUT2D eigenvalue weighted by Crippen LogP contribution is -2.48. The smallest absolute Gasteiger partial charge is 0.274 e. The van der Waals surface area contributed by atoms with E-state index in [-0.39, 0.29) is 36.5 Å². The predicted molar refractivity (Wildman–Crippen MR) is 125 cm³/mol. The number of likely N-dealkylation sites (tertiary alicyclic amines) is 1. The van der Waals surface area contributed by atoms with Crippen LogP contribution >= 0.6 is 0 Å². The second-order valence-corrected chi connectivity index (χ2v) is 10.1. The molecule has 0 radical (unpaired) electrons. The molecule has 0 spiro atoms. The second kappa shape index (κ2) is 9.68. The largest absolute Gasteiger partial charge is 0.372 e. The number of morpholine rings is 1. The number of ether oxygens (including phenoxy) is 1. The Labute approximate surface area is 204 Å². The summed E-state index contributed by atoms with van der Waals surface area (Å²) in [5.41, 5.74) is 3.08. The fourth-order valence-electron chi connectivity index (χ4n) is 5.81. The molecule has 1 aromatic heterocycles. The van der Waals surface area contributed by atoms with Crippen molar-refractivity contribution in [2.75, 3.05) is 26.2 Å². The Morgan fingerprint density at radius 2 is 1.66 bits per heavy atom. The first kappa shape index (κ1) is 23.9. The third-order valence-electron chi connectivity index (χ3n) is 7.41. The Kier molecular flexibility index (Phi) is 6.61. The van der Waals surface area contributed by atoms with Crippen molar-refractivity contribution >= 4 is 11.8 Å². The summed E-state index contributed by atoms with van der Waals surface area (Å²) in [6, 6.07) is 3.64. The van der Waals surface area contributed by atoms with E-state index in [0.29, 0.717) is 50.3 Å². The molecule has 7 nitrogen and oxygen atoms in total. The number of amides is 2. The van der Waals surface area contributed by atoms with Crippen LogP contribution in [0.4, 0.5) is 8.78 Å². The molecule has 2 saturated heterocycles. The van der Waals surface area contributed by atoms with E-state index in [4.69, 9.17) is 4.74 Å². The van der Waals surface area contributed by atoms with Crippen LogP contribution in [-0.4, -0.2) is 69.8 Å². The maximum atomic E-state index is 13.6. The van der Waals surface area contributed by atoms with Crippen molar-refractivity contribution in [3.05, 3.63) is 52.3 Å². The van der Waals surface area contributed by atoms with Crippen LogP contribution in [0.1, 0.15) is 66.3 Å². The van der Waals surface area contributed by atoms with Crippen molar-refractivity contribution in [2.45, 2.75) is 70.6 Å². The number of hydrogen-bond donors (Lipinski definition) is 0. The molecular formula is C26H32F2N4O3. The van der Waals surface area contributed by atoms with Crippen LogP contribution < -0.4 is 0 Å². The van der Waals surface area contributed by atoms with Crippen LogP contribution in [0.3, 0.4) is 0 Å². The zero-order valence-electron chi connectivity index (χ0n) is 20.3. The van der Waals surface area contributed by atoms with Gasteiger partial charge in [-0.3, -0.25) is 14.3 Å². The number of halogens is 2. The number of carbonyl (C=O) groups excluding carboxylic acids is 2. The monoisotopic (exact) mass is 486 g/mol. The number of aromatic nitrogens is 2. The van der Waals surface area contributed by atoms with Gasteiger partial charge in [-0.15, -0.1) is 0 Å². The van der Waals surface area contributed by atoms with Crippen LogP contribution in [-0.2, 0) is 28.9 Å². The van der Waals surface area contributed by atoms with E-state index in [1.807, 2.05) is 18.7 Å². The van der Waals surface area contributed by atoms with E-state index in [0.717, 1.165) is 36.6 Å². The normalized spacial score (nSPS) is 23.0. The molecule has 2 aromatic rings. The molecule has 2 atom stereocenters. The summed E-state index contributed by atoms with van der Waals surface area (Å²) >= 11 is 0. The summed E-state index contributed by atoms with van der Waals surface area (Å²) in [6.45, 7) is 6.16. The number of rotatable bonds is 4. The molecule has 3 heterocycles. The molecule has 0 saturated carbocycles. The number of carbonyl (C=O) groups is 2. The average molecular weight is 487 g/mol. The molecule has 2 amide bonds. The van der Waals surface area contributed by atoms with Gasteiger partial charge in [0, 0.05) is 43.5 Å². The third kappa shape index (κ3) is 4.96. The quantitative estimate of drug-likeness (QED) is 0.665.